The highest BCUT2D eigenvalue weighted by atomic mass is 32.1. The molecule has 0 aliphatic heterocycles. The summed E-state index contributed by atoms with van der Waals surface area (Å²) in [6.07, 6.45) is 1.63. The molecule has 0 aliphatic carbocycles. The normalized spacial score (nSPS) is 10.5. The van der Waals surface area contributed by atoms with Crippen LogP contribution in [-0.2, 0) is 0 Å². The van der Waals surface area contributed by atoms with E-state index in [1.165, 1.54) is 0 Å². The number of nitrogens with two attached hydrogens (primary N) is 1. The minimum atomic E-state index is 0.256. The fraction of sp³-hybridized carbons (Fsp3) is 0.273. The van der Waals surface area contributed by atoms with Crippen LogP contribution in [0.5, 0.6) is 0 Å². The highest BCUT2D eigenvalue weighted by Crippen LogP contribution is 2.14. The van der Waals surface area contributed by atoms with Gasteiger partial charge in [-0.3, -0.25) is 0 Å². The minimum absolute atomic E-state index is 0.256. The number of thiocarbonyl (C=S) groups is 1. The molecule has 5 nitrogen and oxygen atoms in total. The van der Waals surface area contributed by atoms with Crippen LogP contribution in [0.4, 0.5) is 0 Å². The first-order chi connectivity index (χ1) is 8.00. The number of hydrogen-bond donors (Lipinski definition) is 1. The molecule has 2 aromatic rings. The number of hydrogen-bond acceptors (Lipinski definition) is 4. The molecule has 0 saturated carbocycles. The smallest absolute Gasteiger partial charge is 0.251 e. The molecule has 0 bridgehead atoms. The second-order valence-corrected chi connectivity index (χ2v) is 4.25. The molecule has 0 amide bonds. The van der Waals surface area contributed by atoms with E-state index in [4.69, 9.17) is 18.0 Å². The minimum Gasteiger partial charge on any atom is -0.388 e. The highest BCUT2D eigenvalue weighted by molar-refractivity contribution is 7.80. The van der Waals surface area contributed by atoms with Gasteiger partial charge in [0.2, 0.25) is 0 Å². The predicted molar refractivity (Wildman–Crippen MR) is 69.3 cm³/mol. The second-order valence-electron chi connectivity index (χ2n) is 3.81. The van der Waals surface area contributed by atoms with Gasteiger partial charge in [-0.25, -0.2) is 14.6 Å². The summed E-state index contributed by atoms with van der Waals surface area (Å²) in [5.74, 6) is 0.490. The Morgan fingerprint density at radius 1 is 1.35 bits per heavy atom. The summed E-state index contributed by atoms with van der Waals surface area (Å²) in [6.45, 7) is 5.95. The van der Waals surface area contributed by atoms with Gasteiger partial charge in [-0.1, -0.05) is 12.2 Å². The van der Waals surface area contributed by atoms with Crippen LogP contribution in [0.15, 0.2) is 12.3 Å². The first-order valence-electron chi connectivity index (χ1n) is 5.16. The molecule has 2 N–H and O–H groups in total. The van der Waals surface area contributed by atoms with Gasteiger partial charge in [0, 0.05) is 11.9 Å². The van der Waals surface area contributed by atoms with Crippen LogP contribution in [0.1, 0.15) is 22.6 Å². The lowest BCUT2D eigenvalue weighted by Crippen LogP contribution is -2.14. The van der Waals surface area contributed by atoms with Crippen molar-refractivity contribution >= 4 is 17.2 Å². The van der Waals surface area contributed by atoms with Gasteiger partial charge in [0.05, 0.1) is 5.69 Å². The Morgan fingerprint density at radius 3 is 2.59 bits per heavy atom. The van der Waals surface area contributed by atoms with E-state index in [2.05, 4.69) is 15.1 Å². The number of aryl methyl sites for hydroxylation is 1. The van der Waals surface area contributed by atoms with E-state index in [1.807, 2.05) is 20.8 Å². The predicted octanol–water partition coefficient (Wildman–Crippen LogP) is 1.22. The molecule has 0 radical (unpaired) electrons. The van der Waals surface area contributed by atoms with Crippen LogP contribution in [0.25, 0.3) is 5.95 Å². The molecule has 0 aromatic carbocycles. The van der Waals surface area contributed by atoms with E-state index in [9.17, 15) is 0 Å². The molecule has 6 heteroatoms. The highest BCUT2D eigenvalue weighted by Gasteiger charge is 2.11. The largest absolute Gasteiger partial charge is 0.388 e. The quantitative estimate of drug-likeness (QED) is 0.808. The zero-order valence-electron chi connectivity index (χ0n) is 9.93. The summed E-state index contributed by atoms with van der Waals surface area (Å²) < 4.78 is 1.70. The summed E-state index contributed by atoms with van der Waals surface area (Å²) in [5.41, 5.74) is 9.21. The van der Waals surface area contributed by atoms with Crippen molar-refractivity contribution in [3.8, 4) is 5.95 Å². The molecular weight excluding hydrogens is 234 g/mol. The van der Waals surface area contributed by atoms with Gasteiger partial charge in [0.15, 0.2) is 0 Å². The zero-order valence-corrected chi connectivity index (χ0v) is 10.7. The van der Waals surface area contributed by atoms with E-state index in [1.54, 1.807) is 16.9 Å². The number of nitrogens with zero attached hydrogens (tertiary/aromatic N) is 4. The van der Waals surface area contributed by atoms with Crippen LogP contribution < -0.4 is 5.73 Å². The average Bonchev–Trinajstić information content (AvgIpc) is 2.57. The van der Waals surface area contributed by atoms with Crippen molar-refractivity contribution in [1.29, 1.82) is 0 Å². The third-order valence-corrected chi connectivity index (χ3v) is 2.95. The number of aromatic nitrogens is 4. The molecule has 0 spiro atoms. The Hall–Kier alpha value is -1.82. The van der Waals surface area contributed by atoms with Gasteiger partial charge in [-0.2, -0.15) is 5.10 Å². The van der Waals surface area contributed by atoms with E-state index in [-0.39, 0.29) is 4.99 Å². The molecule has 0 saturated heterocycles. The molecule has 17 heavy (non-hydrogen) atoms. The maximum absolute atomic E-state index is 5.55. The van der Waals surface area contributed by atoms with Crippen LogP contribution in [0, 0.1) is 20.8 Å². The molecule has 0 aliphatic rings. The maximum Gasteiger partial charge on any atom is 0.251 e. The van der Waals surface area contributed by atoms with E-state index in [0.29, 0.717) is 11.6 Å². The molecule has 0 fully saturated rings. The summed E-state index contributed by atoms with van der Waals surface area (Å²) in [5, 5.41) is 4.39. The van der Waals surface area contributed by atoms with Gasteiger partial charge < -0.3 is 5.73 Å². The lowest BCUT2D eigenvalue weighted by atomic mass is 10.2. The van der Waals surface area contributed by atoms with Crippen LogP contribution in [0.2, 0.25) is 0 Å². The van der Waals surface area contributed by atoms with Crippen molar-refractivity contribution in [3.63, 3.8) is 0 Å². The lowest BCUT2D eigenvalue weighted by Gasteiger charge is -2.04. The monoisotopic (exact) mass is 247 g/mol. The maximum atomic E-state index is 5.55. The molecule has 2 heterocycles. The SMILES string of the molecule is Cc1nn(-c2nccc(C(N)=S)n2)c(C)c1C. The molecule has 0 atom stereocenters. The molecule has 2 rings (SSSR count). The van der Waals surface area contributed by atoms with Gasteiger partial charge in [-0.05, 0) is 32.4 Å². The van der Waals surface area contributed by atoms with Crippen molar-refractivity contribution < 1.29 is 0 Å². The topological polar surface area (TPSA) is 69.6 Å². The Kier molecular flexibility index (Phi) is 2.89. The van der Waals surface area contributed by atoms with E-state index in [0.717, 1.165) is 17.0 Å². The van der Waals surface area contributed by atoms with Crippen LogP contribution in [0.3, 0.4) is 0 Å². The van der Waals surface area contributed by atoms with Crippen molar-refractivity contribution in [2.45, 2.75) is 20.8 Å². The summed E-state index contributed by atoms with van der Waals surface area (Å²) >= 11 is 4.89. The summed E-state index contributed by atoms with van der Waals surface area (Å²) in [7, 11) is 0. The molecule has 0 unspecified atom stereocenters. The summed E-state index contributed by atoms with van der Waals surface area (Å²) in [4.78, 5) is 8.72. The number of rotatable bonds is 2. The van der Waals surface area contributed by atoms with Crippen molar-refractivity contribution in [2.75, 3.05) is 0 Å². The zero-order chi connectivity index (χ0) is 12.6. The average molecular weight is 247 g/mol. The fourth-order valence-corrected chi connectivity index (χ4v) is 1.62. The Morgan fingerprint density at radius 2 is 2.06 bits per heavy atom. The fourth-order valence-electron chi connectivity index (χ4n) is 1.50. The van der Waals surface area contributed by atoms with Crippen molar-refractivity contribution in [3.05, 3.63) is 34.9 Å². The van der Waals surface area contributed by atoms with Crippen molar-refractivity contribution in [1.82, 2.24) is 19.7 Å². The van der Waals surface area contributed by atoms with Gasteiger partial charge >= 0.3 is 0 Å². The van der Waals surface area contributed by atoms with Crippen LogP contribution >= 0.6 is 12.2 Å². The Balaban J connectivity index is 2.56. The van der Waals surface area contributed by atoms with Crippen LogP contribution in [-0.4, -0.2) is 24.7 Å². The molecular formula is C11H13N5S. The van der Waals surface area contributed by atoms with E-state index >= 15 is 0 Å². The van der Waals surface area contributed by atoms with Gasteiger partial charge in [0.1, 0.15) is 10.7 Å². The Labute approximate surface area is 105 Å². The van der Waals surface area contributed by atoms with Gasteiger partial charge in [0.25, 0.3) is 5.95 Å². The third-order valence-electron chi connectivity index (χ3n) is 2.74. The summed E-state index contributed by atoms with van der Waals surface area (Å²) in [6, 6.07) is 1.68. The first kappa shape index (κ1) is 11.7. The first-order valence-corrected chi connectivity index (χ1v) is 5.57. The van der Waals surface area contributed by atoms with E-state index < -0.39 is 0 Å². The lowest BCUT2D eigenvalue weighted by molar-refractivity contribution is 0.772. The standard InChI is InChI=1S/C11H13N5S/c1-6-7(2)15-16(8(6)3)11-13-5-4-9(14-11)10(12)17/h4-5H,1-3H3,(H2,12,17). The van der Waals surface area contributed by atoms with Gasteiger partial charge in [-0.15, -0.1) is 0 Å². The molecule has 88 valence electrons. The molecule has 2 aromatic heterocycles. The Bertz CT molecular complexity index is 588. The van der Waals surface area contributed by atoms with Crippen molar-refractivity contribution in [2.24, 2.45) is 5.73 Å². The third kappa shape index (κ3) is 2.03. The second kappa shape index (κ2) is 4.21.